The van der Waals surface area contributed by atoms with Gasteiger partial charge in [0.2, 0.25) is 0 Å². The number of nitrogens with one attached hydrogen (secondary N) is 1. The molecule has 0 saturated heterocycles. The molecule has 1 unspecified atom stereocenters. The molecule has 2 aromatic rings. The second-order valence-corrected chi connectivity index (χ2v) is 6.34. The van der Waals surface area contributed by atoms with Crippen molar-refractivity contribution in [2.45, 2.75) is 32.2 Å². The van der Waals surface area contributed by atoms with E-state index in [2.05, 4.69) is 31.3 Å². The number of likely N-dealkylation sites (N-methyl/N-ethyl adjacent to an activating group) is 1. The summed E-state index contributed by atoms with van der Waals surface area (Å²) < 4.78 is 13.6. The second kappa shape index (κ2) is 6.17. The molecule has 0 radical (unpaired) electrons. The Morgan fingerprint density at radius 2 is 1.76 bits per heavy atom. The number of aryl methyl sites for hydroxylation is 1. The third-order valence-electron chi connectivity index (χ3n) is 4.12. The van der Waals surface area contributed by atoms with Gasteiger partial charge < -0.3 is 5.32 Å². The average molecular weight is 306 g/mol. The summed E-state index contributed by atoms with van der Waals surface area (Å²) in [6.07, 6.45) is 0. The van der Waals surface area contributed by atoms with Crippen molar-refractivity contribution in [1.82, 2.24) is 5.32 Å². The third kappa shape index (κ3) is 3.12. The van der Waals surface area contributed by atoms with E-state index < -0.39 is 0 Å². The minimum Gasteiger partial charge on any atom is -0.312 e. The number of hydrogen-bond acceptors (Lipinski definition) is 1. The fourth-order valence-electron chi connectivity index (χ4n) is 2.84. The molecule has 0 aliphatic heterocycles. The van der Waals surface area contributed by atoms with Gasteiger partial charge in [-0.2, -0.15) is 0 Å². The third-order valence-corrected chi connectivity index (χ3v) is 4.44. The normalized spacial score (nSPS) is 13.2. The molecular weight excluding hydrogens is 285 g/mol. The van der Waals surface area contributed by atoms with Crippen molar-refractivity contribution in [3.8, 4) is 0 Å². The van der Waals surface area contributed by atoms with E-state index >= 15 is 0 Å². The molecule has 0 aromatic heterocycles. The highest BCUT2D eigenvalue weighted by molar-refractivity contribution is 6.31. The van der Waals surface area contributed by atoms with Crippen molar-refractivity contribution in [3.05, 3.63) is 70.0 Å². The average Bonchev–Trinajstić information content (AvgIpc) is 2.46. The molecule has 112 valence electrons. The summed E-state index contributed by atoms with van der Waals surface area (Å²) in [6, 6.07) is 13.5. The van der Waals surface area contributed by atoms with Crippen LogP contribution in [0.25, 0.3) is 0 Å². The fraction of sp³-hybridized carbons (Fsp3) is 0.333. The predicted octanol–water partition coefficient (Wildman–Crippen LogP) is 5.03. The summed E-state index contributed by atoms with van der Waals surface area (Å²) >= 11 is 6.29. The highest BCUT2D eigenvalue weighted by Gasteiger charge is 2.33. The lowest BCUT2D eigenvalue weighted by molar-refractivity contribution is 0.368. The molecule has 21 heavy (non-hydrogen) atoms. The van der Waals surface area contributed by atoms with E-state index in [4.69, 9.17) is 11.6 Å². The Morgan fingerprint density at radius 3 is 2.33 bits per heavy atom. The van der Waals surface area contributed by atoms with Crippen LogP contribution in [0, 0.1) is 12.7 Å². The van der Waals surface area contributed by atoms with E-state index in [1.54, 1.807) is 6.92 Å². The Kier molecular flexibility index (Phi) is 4.70. The van der Waals surface area contributed by atoms with E-state index in [0.29, 0.717) is 10.6 Å². The lowest BCUT2D eigenvalue weighted by Crippen LogP contribution is -2.35. The molecule has 0 aliphatic carbocycles. The maximum atomic E-state index is 13.6. The van der Waals surface area contributed by atoms with E-state index in [1.165, 1.54) is 11.6 Å². The van der Waals surface area contributed by atoms with Crippen LogP contribution in [-0.4, -0.2) is 7.05 Å². The zero-order valence-electron chi connectivity index (χ0n) is 12.9. The van der Waals surface area contributed by atoms with Crippen molar-refractivity contribution < 1.29 is 4.39 Å². The van der Waals surface area contributed by atoms with Crippen LogP contribution in [0.3, 0.4) is 0 Å². The number of benzene rings is 2. The first-order valence-electron chi connectivity index (χ1n) is 7.06. The van der Waals surface area contributed by atoms with Crippen molar-refractivity contribution >= 4 is 11.6 Å². The van der Waals surface area contributed by atoms with Gasteiger partial charge in [0.15, 0.2) is 0 Å². The molecule has 3 heteroatoms. The van der Waals surface area contributed by atoms with Gasteiger partial charge in [0.1, 0.15) is 5.82 Å². The van der Waals surface area contributed by atoms with E-state index in [0.717, 1.165) is 5.56 Å². The summed E-state index contributed by atoms with van der Waals surface area (Å²) in [5, 5.41) is 3.80. The molecule has 0 aliphatic rings. The molecule has 0 spiro atoms. The maximum Gasteiger partial charge on any atom is 0.127 e. The highest BCUT2D eigenvalue weighted by Crippen LogP contribution is 2.39. The molecule has 1 atom stereocenters. The van der Waals surface area contributed by atoms with Gasteiger partial charge in [0, 0.05) is 16.5 Å². The van der Waals surface area contributed by atoms with Crippen LogP contribution in [0.1, 0.15) is 36.6 Å². The predicted molar refractivity (Wildman–Crippen MR) is 87.4 cm³/mol. The van der Waals surface area contributed by atoms with Crippen LogP contribution < -0.4 is 5.32 Å². The molecule has 1 nitrogen and oxygen atoms in total. The Bertz CT molecular complexity index is 623. The van der Waals surface area contributed by atoms with Gasteiger partial charge in [0.25, 0.3) is 0 Å². The molecule has 0 fully saturated rings. The number of halogens is 2. The quantitative estimate of drug-likeness (QED) is 0.835. The van der Waals surface area contributed by atoms with Gasteiger partial charge in [-0.1, -0.05) is 61.8 Å². The molecule has 0 amide bonds. The number of rotatable bonds is 4. The van der Waals surface area contributed by atoms with Crippen molar-refractivity contribution in [2.75, 3.05) is 7.05 Å². The molecule has 0 heterocycles. The molecule has 0 saturated carbocycles. The minimum atomic E-state index is -0.267. The molecule has 2 aromatic carbocycles. The minimum absolute atomic E-state index is 0.00769. The summed E-state index contributed by atoms with van der Waals surface area (Å²) in [6.45, 7) is 6.09. The molecule has 2 rings (SSSR count). The Morgan fingerprint density at radius 1 is 1.14 bits per heavy atom. The first-order valence-corrected chi connectivity index (χ1v) is 7.44. The standard InChI is InChI=1S/C18H21ClFN/c1-12-10-14(15(19)11-16(12)20)17(21-4)18(2,3)13-8-6-5-7-9-13/h5-11,17,21H,1-4H3. The van der Waals surface area contributed by atoms with E-state index in [1.807, 2.05) is 31.3 Å². The number of hydrogen-bond donors (Lipinski definition) is 1. The molecule has 1 N–H and O–H groups in total. The first-order chi connectivity index (χ1) is 9.87. The SMILES string of the molecule is CNC(c1cc(C)c(F)cc1Cl)C(C)(C)c1ccccc1. The van der Waals surface area contributed by atoms with Gasteiger partial charge in [-0.25, -0.2) is 4.39 Å². The molecular formula is C18H21ClFN. The topological polar surface area (TPSA) is 12.0 Å². The van der Waals surface area contributed by atoms with Gasteiger partial charge >= 0.3 is 0 Å². The largest absolute Gasteiger partial charge is 0.312 e. The van der Waals surface area contributed by atoms with E-state index in [9.17, 15) is 4.39 Å². The van der Waals surface area contributed by atoms with Crippen LogP contribution in [0.4, 0.5) is 4.39 Å². The van der Waals surface area contributed by atoms with Crippen LogP contribution in [0.2, 0.25) is 5.02 Å². The van der Waals surface area contributed by atoms with Crippen LogP contribution in [-0.2, 0) is 5.41 Å². The molecule has 0 bridgehead atoms. The Hall–Kier alpha value is -1.38. The summed E-state index contributed by atoms with van der Waals surface area (Å²) in [5.41, 5.74) is 2.57. The fourth-order valence-corrected chi connectivity index (χ4v) is 3.10. The summed E-state index contributed by atoms with van der Waals surface area (Å²) in [4.78, 5) is 0. The maximum absolute atomic E-state index is 13.6. The smallest absolute Gasteiger partial charge is 0.127 e. The Balaban J connectivity index is 2.51. The monoisotopic (exact) mass is 305 g/mol. The van der Waals surface area contributed by atoms with Crippen LogP contribution >= 0.6 is 11.6 Å². The summed E-state index contributed by atoms with van der Waals surface area (Å²) in [5.74, 6) is -0.267. The zero-order valence-corrected chi connectivity index (χ0v) is 13.6. The van der Waals surface area contributed by atoms with E-state index in [-0.39, 0.29) is 17.3 Å². The van der Waals surface area contributed by atoms with Gasteiger partial charge in [0.05, 0.1) is 0 Å². The first kappa shape index (κ1) is 16.0. The highest BCUT2D eigenvalue weighted by atomic mass is 35.5. The van der Waals surface area contributed by atoms with Crippen LogP contribution in [0.5, 0.6) is 0 Å². The van der Waals surface area contributed by atoms with Crippen molar-refractivity contribution in [1.29, 1.82) is 0 Å². The lowest BCUT2D eigenvalue weighted by Gasteiger charge is -2.36. The van der Waals surface area contributed by atoms with Crippen LogP contribution in [0.15, 0.2) is 42.5 Å². The van der Waals surface area contributed by atoms with Gasteiger partial charge in [-0.05, 0) is 36.7 Å². The van der Waals surface area contributed by atoms with Crippen molar-refractivity contribution in [3.63, 3.8) is 0 Å². The Labute approximate surface area is 131 Å². The van der Waals surface area contributed by atoms with Gasteiger partial charge in [-0.3, -0.25) is 0 Å². The second-order valence-electron chi connectivity index (χ2n) is 5.93. The van der Waals surface area contributed by atoms with Crippen molar-refractivity contribution in [2.24, 2.45) is 0 Å². The summed E-state index contributed by atoms with van der Waals surface area (Å²) in [7, 11) is 1.91. The van der Waals surface area contributed by atoms with Gasteiger partial charge in [-0.15, -0.1) is 0 Å². The lowest BCUT2D eigenvalue weighted by atomic mass is 9.74. The zero-order chi connectivity index (χ0) is 15.6.